The number of hydrogen-bond donors (Lipinski definition) is 1. The number of methoxy groups -OCH3 is 3. The number of rotatable bonds is 3. The van der Waals surface area contributed by atoms with E-state index >= 15 is 0 Å². The van der Waals surface area contributed by atoms with Gasteiger partial charge in [0.2, 0.25) is 0 Å². The largest absolute Gasteiger partial charge is 0.504 e. The van der Waals surface area contributed by atoms with Gasteiger partial charge in [-0.25, -0.2) is 0 Å². The van der Waals surface area contributed by atoms with Crippen LogP contribution in [0.25, 0.3) is 0 Å². The predicted octanol–water partition coefficient (Wildman–Crippen LogP) is 7.63. The summed E-state index contributed by atoms with van der Waals surface area (Å²) in [5.74, 6) is 3.52. The number of phenolic OH excluding ortho intramolecular Hbond substituents is 1. The van der Waals surface area contributed by atoms with E-state index in [-0.39, 0.29) is 42.6 Å². The molecule has 0 aromatic heterocycles. The Bertz CT molecular complexity index is 1780. The number of likely N-dealkylation sites (N-methyl/N-ethyl adjacent to an activating group) is 2. The van der Waals surface area contributed by atoms with Crippen molar-refractivity contribution in [2.45, 2.75) is 51.0 Å². The molecule has 0 unspecified atom stereocenters. The van der Waals surface area contributed by atoms with E-state index in [0.717, 1.165) is 61.2 Å². The third kappa shape index (κ3) is 7.16. The Morgan fingerprint density at radius 3 is 2.06 bits per heavy atom. The highest BCUT2D eigenvalue weighted by Crippen LogP contribution is 2.45. The van der Waals surface area contributed by atoms with Crippen LogP contribution in [0.15, 0.2) is 60.7 Å². The van der Waals surface area contributed by atoms with Crippen molar-refractivity contribution in [1.29, 1.82) is 0 Å². The van der Waals surface area contributed by atoms with Crippen molar-refractivity contribution in [2.24, 2.45) is 0 Å². The van der Waals surface area contributed by atoms with Crippen molar-refractivity contribution >= 4 is 24.8 Å². The van der Waals surface area contributed by atoms with Crippen LogP contribution in [0.5, 0.6) is 34.5 Å². The number of phenols is 1. The molecule has 4 aromatic rings. The molecule has 2 atom stereocenters. The van der Waals surface area contributed by atoms with Crippen molar-refractivity contribution in [3.63, 3.8) is 0 Å². The summed E-state index contributed by atoms with van der Waals surface area (Å²) in [6, 6.07) is 20.8. The first-order chi connectivity index (χ1) is 22.9. The van der Waals surface area contributed by atoms with Gasteiger partial charge in [-0.2, -0.15) is 0 Å². The molecule has 0 saturated carbocycles. The second-order valence-electron chi connectivity index (χ2n) is 13.0. The van der Waals surface area contributed by atoms with Gasteiger partial charge in [0.1, 0.15) is 11.5 Å². The van der Waals surface area contributed by atoms with E-state index in [1.807, 2.05) is 24.3 Å². The molecule has 4 heterocycles. The molecule has 4 aromatic carbocycles. The molecule has 6 bridgehead atoms. The van der Waals surface area contributed by atoms with Crippen LogP contribution in [0.2, 0.25) is 0 Å². The number of hydrogen-bond acceptors (Lipinski definition) is 8. The zero-order valence-corrected chi connectivity index (χ0v) is 30.4. The first-order valence-electron chi connectivity index (χ1n) is 16.4. The number of fused-ring (bicyclic) bond motifs is 4. The van der Waals surface area contributed by atoms with E-state index in [9.17, 15) is 5.11 Å². The third-order valence-electron chi connectivity index (χ3n) is 10.2. The normalized spacial score (nSPS) is 19.0. The van der Waals surface area contributed by atoms with Gasteiger partial charge in [-0.15, -0.1) is 24.8 Å². The fraction of sp³-hybridized carbons (Fsp3) is 0.385. The van der Waals surface area contributed by atoms with Crippen molar-refractivity contribution in [3.8, 4) is 34.5 Å². The zero-order valence-electron chi connectivity index (χ0n) is 28.8. The van der Waals surface area contributed by atoms with Gasteiger partial charge in [0.25, 0.3) is 0 Å². The molecule has 10 heteroatoms. The minimum Gasteiger partial charge on any atom is -0.504 e. The average molecular weight is 710 g/mol. The lowest BCUT2D eigenvalue weighted by Crippen LogP contribution is -2.34. The van der Waals surface area contributed by atoms with E-state index in [1.165, 1.54) is 27.8 Å². The predicted molar refractivity (Wildman–Crippen MR) is 196 cm³/mol. The Kier molecular flexibility index (Phi) is 11.6. The monoisotopic (exact) mass is 708 g/mol. The molecule has 49 heavy (non-hydrogen) atoms. The maximum Gasteiger partial charge on any atom is 0.169 e. The van der Waals surface area contributed by atoms with Gasteiger partial charge >= 0.3 is 0 Å². The van der Waals surface area contributed by atoms with Crippen molar-refractivity contribution in [1.82, 2.24) is 9.80 Å². The van der Waals surface area contributed by atoms with E-state index < -0.39 is 0 Å². The standard InChI is InChI=1S/C39H44N2O6.2ClH/c1-40-14-12-26-20-35(43-3)28-19-30(26)32(40)16-24-6-9-29(10-7-24)47-36-18-25(8-11-34(36)42)17-33-38-27(13-15-41(33)2)21-37(44-4)39(45-5)31(38)23-46-22-28;;/h6-11,18-21,32-33,42H,12-17,22-23H2,1-5H3;2*1H/t32-,33+;;/m0../s1. The molecule has 0 saturated heterocycles. The smallest absolute Gasteiger partial charge is 0.169 e. The lowest BCUT2D eigenvalue weighted by atomic mass is 9.85. The molecule has 0 aliphatic carbocycles. The molecule has 0 radical (unpaired) electrons. The first kappa shape index (κ1) is 36.6. The maximum absolute atomic E-state index is 10.8. The summed E-state index contributed by atoms with van der Waals surface area (Å²) in [6.07, 6.45) is 3.44. The van der Waals surface area contributed by atoms with Crippen LogP contribution < -0.4 is 18.9 Å². The SMILES string of the molecule is COc1cc2c3cc1COCc1c(OC)c(OC)cc4c1[C@@H](Cc1ccc(O)c(c1)Oc1ccc(cc1)C[C@@H]3N(C)CC2)N(C)CC4.Cl.Cl. The highest BCUT2D eigenvalue weighted by Gasteiger charge is 2.32. The van der Waals surface area contributed by atoms with Crippen LogP contribution in [0, 0.1) is 0 Å². The molecule has 0 amide bonds. The minimum absolute atomic E-state index is 0. The summed E-state index contributed by atoms with van der Waals surface area (Å²) in [4.78, 5) is 4.82. The van der Waals surface area contributed by atoms with Crippen LogP contribution >= 0.6 is 24.8 Å². The first-order valence-corrected chi connectivity index (χ1v) is 16.4. The van der Waals surface area contributed by atoms with Gasteiger partial charge in [0.05, 0.1) is 34.5 Å². The topological polar surface area (TPSA) is 72.9 Å². The molecule has 0 fully saturated rings. The fourth-order valence-corrected chi connectivity index (χ4v) is 7.61. The zero-order chi connectivity index (χ0) is 32.7. The molecule has 1 N–H and O–H groups in total. The number of nitrogens with zero attached hydrogens (tertiary/aromatic N) is 2. The Hall–Kier alpha value is -3.66. The summed E-state index contributed by atoms with van der Waals surface area (Å²) in [7, 11) is 9.48. The number of aromatic hydroxyl groups is 1. The van der Waals surface area contributed by atoms with E-state index in [0.29, 0.717) is 36.2 Å². The molecule has 8 nitrogen and oxygen atoms in total. The van der Waals surface area contributed by atoms with Crippen LogP contribution in [-0.4, -0.2) is 63.4 Å². The van der Waals surface area contributed by atoms with Crippen molar-refractivity contribution in [3.05, 3.63) is 105 Å². The Balaban J connectivity index is 0.00000234. The lowest BCUT2D eigenvalue weighted by molar-refractivity contribution is 0.100. The quantitative estimate of drug-likeness (QED) is 0.233. The van der Waals surface area contributed by atoms with E-state index in [1.54, 1.807) is 27.4 Å². The summed E-state index contributed by atoms with van der Waals surface area (Å²) >= 11 is 0. The second-order valence-corrected chi connectivity index (χ2v) is 13.0. The van der Waals surface area contributed by atoms with Crippen LogP contribution in [0.1, 0.15) is 56.6 Å². The minimum atomic E-state index is 0. The van der Waals surface area contributed by atoms with Crippen molar-refractivity contribution < 1.29 is 28.8 Å². The van der Waals surface area contributed by atoms with Gasteiger partial charge < -0.3 is 28.8 Å². The summed E-state index contributed by atoms with van der Waals surface area (Å²) in [5, 5.41) is 10.8. The molecule has 4 aliphatic heterocycles. The fourth-order valence-electron chi connectivity index (χ4n) is 7.61. The summed E-state index contributed by atoms with van der Waals surface area (Å²) in [5.41, 5.74) is 9.39. The van der Waals surface area contributed by atoms with Gasteiger partial charge in [-0.05, 0) is 116 Å². The van der Waals surface area contributed by atoms with Crippen molar-refractivity contribution in [2.75, 3.05) is 48.5 Å². The molecular weight excluding hydrogens is 663 g/mol. The highest BCUT2D eigenvalue weighted by molar-refractivity contribution is 5.85. The molecule has 8 rings (SSSR count). The Labute approximate surface area is 301 Å². The van der Waals surface area contributed by atoms with E-state index in [2.05, 4.69) is 54.2 Å². The lowest BCUT2D eigenvalue weighted by Gasteiger charge is -2.37. The van der Waals surface area contributed by atoms with Gasteiger partial charge in [0.15, 0.2) is 23.0 Å². The molecule has 262 valence electrons. The highest BCUT2D eigenvalue weighted by atomic mass is 35.5. The summed E-state index contributed by atoms with van der Waals surface area (Å²) < 4.78 is 30.7. The number of halogens is 2. The van der Waals surface area contributed by atoms with Crippen LogP contribution in [-0.2, 0) is 43.6 Å². The van der Waals surface area contributed by atoms with Crippen LogP contribution in [0.3, 0.4) is 0 Å². The van der Waals surface area contributed by atoms with Gasteiger partial charge in [0, 0.05) is 36.3 Å². The number of ether oxygens (including phenoxy) is 5. The average Bonchev–Trinajstić information content (AvgIpc) is 3.08. The Morgan fingerprint density at radius 1 is 0.694 bits per heavy atom. The molecule has 0 spiro atoms. The third-order valence-corrected chi connectivity index (χ3v) is 10.2. The molecular formula is C39H46Cl2N2O6. The maximum atomic E-state index is 10.8. The second kappa shape index (κ2) is 15.5. The number of benzene rings is 4. The van der Waals surface area contributed by atoms with Crippen LogP contribution in [0.4, 0.5) is 0 Å². The Morgan fingerprint density at radius 2 is 1.35 bits per heavy atom. The van der Waals surface area contributed by atoms with Gasteiger partial charge in [-0.1, -0.05) is 18.2 Å². The van der Waals surface area contributed by atoms with E-state index in [4.69, 9.17) is 23.7 Å². The summed E-state index contributed by atoms with van der Waals surface area (Å²) in [6.45, 7) is 2.63. The molecule has 4 aliphatic rings. The van der Waals surface area contributed by atoms with Gasteiger partial charge in [-0.3, -0.25) is 9.80 Å².